The molecule has 1 aliphatic carbocycles. The zero-order chi connectivity index (χ0) is 12.9. The lowest BCUT2D eigenvalue weighted by molar-refractivity contribution is 0.0227. The maximum atomic E-state index is 10.1. The van der Waals surface area contributed by atoms with Crippen LogP contribution in [0.5, 0.6) is 0 Å². The summed E-state index contributed by atoms with van der Waals surface area (Å²) in [6, 6.07) is 0. The van der Waals surface area contributed by atoms with Crippen molar-refractivity contribution in [2.45, 2.75) is 49.9 Å². The standard InChI is InChI=1S/C13H22O4/c1-2-3-4-12(16)5-7-13(17,8-6-12)9-11(15)10-14/h5-8,11,14-17H,2-4,9-10H2,1H3. The number of unbranched alkanes of at least 4 members (excludes halogenated alkanes) is 1. The summed E-state index contributed by atoms with van der Waals surface area (Å²) < 4.78 is 0. The molecule has 0 heterocycles. The minimum absolute atomic E-state index is 0.0281. The Kier molecular flexibility index (Phi) is 4.89. The molecule has 4 N–H and O–H groups in total. The summed E-state index contributed by atoms with van der Waals surface area (Å²) in [7, 11) is 0. The lowest BCUT2D eigenvalue weighted by Crippen LogP contribution is -2.36. The molecule has 0 saturated carbocycles. The highest BCUT2D eigenvalue weighted by Gasteiger charge is 2.31. The number of hydrogen-bond acceptors (Lipinski definition) is 4. The second kappa shape index (κ2) is 5.78. The van der Waals surface area contributed by atoms with Crippen LogP contribution in [0.1, 0.15) is 32.6 Å². The van der Waals surface area contributed by atoms with Crippen molar-refractivity contribution in [3.8, 4) is 0 Å². The molecule has 17 heavy (non-hydrogen) atoms. The van der Waals surface area contributed by atoms with E-state index in [9.17, 15) is 15.3 Å². The van der Waals surface area contributed by atoms with Crippen molar-refractivity contribution in [2.75, 3.05) is 6.61 Å². The molecular weight excluding hydrogens is 220 g/mol. The van der Waals surface area contributed by atoms with Crippen LogP contribution in [0.3, 0.4) is 0 Å². The first kappa shape index (κ1) is 14.4. The second-order valence-corrected chi connectivity index (χ2v) is 4.79. The summed E-state index contributed by atoms with van der Waals surface area (Å²) in [6.07, 6.45) is 7.69. The molecule has 0 bridgehead atoms. The highest BCUT2D eigenvalue weighted by atomic mass is 16.3. The van der Waals surface area contributed by atoms with Gasteiger partial charge in [-0.2, -0.15) is 0 Å². The molecule has 1 unspecified atom stereocenters. The average molecular weight is 242 g/mol. The molecule has 0 fully saturated rings. The van der Waals surface area contributed by atoms with Gasteiger partial charge in [-0.3, -0.25) is 0 Å². The van der Waals surface area contributed by atoms with Gasteiger partial charge in [0.05, 0.1) is 12.7 Å². The predicted molar refractivity (Wildman–Crippen MR) is 65.4 cm³/mol. The Morgan fingerprint density at radius 2 is 1.59 bits per heavy atom. The molecule has 0 radical (unpaired) electrons. The first-order chi connectivity index (χ1) is 7.93. The van der Waals surface area contributed by atoms with E-state index >= 15 is 0 Å². The van der Waals surface area contributed by atoms with E-state index in [1.165, 1.54) is 12.2 Å². The van der Waals surface area contributed by atoms with Gasteiger partial charge in [-0.05, 0) is 18.6 Å². The molecule has 1 atom stereocenters. The second-order valence-electron chi connectivity index (χ2n) is 4.79. The van der Waals surface area contributed by atoms with Gasteiger partial charge in [0.25, 0.3) is 0 Å². The average Bonchev–Trinajstić information content (AvgIpc) is 2.31. The third kappa shape index (κ3) is 4.24. The number of hydrogen-bond donors (Lipinski definition) is 4. The third-order valence-electron chi connectivity index (χ3n) is 3.03. The lowest BCUT2D eigenvalue weighted by atomic mass is 9.84. The topological polar surface area (TPSA) is 80.9 Å². The Hall–Kier alpha value is -0.680. The number of rotatable bonds is 6. The van der Waals surface area contributed by atoms with Crippen LogP contribution < -0.4 is 0 Å². The fraction of sp³-hybridized carbons (Fsp3) is 0.692. The van der Waals surface area contributed by atoms with E-state index in [2.05, 4.69) is 0 Å². The molecule has 1 rings (SSSR count). The van der Waals surface area contributed by atoms with Crippen molar-refractivity contribution in [3.05, 3.63) is 24.3 Å². The van der Waals surface area contributed by atoms with Gasteiger partial charge in [-0.1, -0.05) is 31.9 Å². The quantitative estimate of drug-likeness (QED) is 0.512. The molecule has 0 aliphatic heterocycles. The van der Waals surface area contributed by atoms with Crippen LogP contribution in [0.15, 0.2) is 24.3 Å². The van der Waals surface area contributed by atoms with Gasteiger partial charge >= 0.3 is 0 Å². The highest BCUT2D eigenvalue weighted by molar-refractivity contribution is 5.29. The molecular formula is C13H22O4. The summed E-state index contributed by atoms with van der Waals surface area (Å²) in [5, 5.41) is 38.3. The van der Waals surface area contributed by atoms with Crippen LogP contribution >= 0.6 is 0 Å². The Morgan fingerprint density at radius 1 is 1.06 bits per heavy atom. The van der Waals surface area contributed by atoms with E-state index in [-0.39, 0.29) is 13.0 Å². The van der Waals surface area contributed by atoms with E-state index in [0.717, 1.165) is 12.8 Å². The van der Waals surface area contributed by atoms with Gasteiger partial charge in [0.15, 0.2) is 0 Å². The Morgan fingerprint density at radius 3 is 2.06 bits per heavy atom. The van der Waals surface area contributed by atoms with Crippen molar-refractivity contribution in [1.29, 1.82) is 0 Å². The fourth-order valence-corrected chi connectivity index (χ4v) is 1.89. The predicted octanol–water partition coefficient (Wildman–Crippen LogP) is 0.508. The first-order valence-electron chi connectivity index (χ1n) is 6.07. The monoisotopic (exact) mass is 242 g/mol. The van der Waals surface area contributed by atoms with Gasteiger partial charge in [0.2, 0.25) is 0 Å². The lowest BCUT2D eigenvalue weighted by Gasteiger charge is -2.31. The zero-order valence-electron chi connectivity index (χ0n) is 10.2. The van der Waals surface area contributed by atoms with Crippen LogP contribution in [0.4, 0.5) is 0 Å². The van der Waals surface area contributed by atoms with Crippen LogP contribution in [-0.2, 0) is 0 Å². The van der Waals surface area contributed by atoms with Gasteiger partial charge in [-0.15, -0.1) is 0 Å². The molecule has 4 heteroatoms. The van der Waals surface area contributed by atoms with Crippen LogP contribution in [0.25, 0.3) is 0 Å². The largest absolute Gasteiger partial charge is 0.394 e. The Labute approximate surface area is 102 Å². The Bertz CT molecular complexity index is 282. The van der Waals surface area contributed by atoms with Crippen molar-refractivity contribution in [1.82, 2.24) is 0 Å². The zero-order valence-corrected chi connectivity index (χ0v) is 10.2. The summed E-state index contributed by atoms with van der Waals surface area (Å²) >= 11 is 0. The molecule has 1 aliphatic rings. The van der Waals surface area contributed by atoms with Gasteiger partial charge in [-0.25, -0.2) is 0 Å². The summed E-state index contributed by atoms with van der Waals surface area (Å²) in [5.41, 5.74) is -2.27. The van der Waals surface area contributed by atoms with Crippen molar-refractivity contribution < 1.29 is 20.4 Å². The van der Waals surface area contributed by atoms with E-state index in [0.29, 0.717) is 6.42 Å². The number of aliphatic hydroxyl groups is 4. The molecule has 0 saturated heterocycles. The molecule has 0 spiro atoms. The maximum absolute atomic E-state index is 10.1. The maximum Gasteiger partial charge on any atom is 0.104 e. The van der Waals surface area contributed by atoms with Crippen LogP contribution in [-0.4, -0.2) is 44.3 Å². The van der Waals surface area contributed by atoms with Gasteiger partial charge in [0, 0.05) is 6.42 Å². The molecule has 98 valence electrons. The number of aliphatic hydroxyl groups excluding tert-OH is 2. The highest BCUT2D eigenvalue weighted by Crippen LogP contribution is 2.28. The minimum Gasteiger partial charge on any atom is -0.394 e. The van der Waals surface area contributed by atoms with Crippen molar-refractivity contribution in [2.24, 2.45) is 0 Å². The minimum atomic E-state index is -1.28. The molecule has 4 nitrogen and oxygen atoms in total. The SMILES string of the molecule is CCCCC1(O)C=CC(O)(CC(O)CO)C=C1. The van der Waals surface area contributed by atoms with E-state index in [1.807, 2.05) is 6.92 Å². The summed E-state index contributed by atoms with van der Waals surface area (Å²) in [5.74, 6) is 0. The van der Waals surface area contributed by atoms with E-state index in [4.69, 9.17) is 5.11 Å². The molecule has 0 aromatic carbocycles. The summed E-state index contributed by atoms with van der Waals surface area (Å²) in [4.78, 5) is 0. The van der Waals surface area contributed by atoms with Crippen LogP contribution in [0.2, 0.25) is 0 Å². The van der Waals surface area contributed by atoms with E-state index < -0.39 is 17.3 Å². The Balaban J connectivity index is 2.62. The smallest absolute Gasteiger partial charge is 0.104 e. The normalized spacial score (nSPS) is 33.9. The molecule has 0 amide bonds. The van der Waals surface area contributed by atoms with Crippen LogP contribution in [0, 0.1) is 0 Å². The summed E-state index contributed by atoms with van der Waals surface area (Å²) in [6.45, 7) is 1.66. The molecule has 0 aromatic rings. The molecule has 0 aromatic heterocycles. The van der Waals surface area contributed by atoms with E-state index in [1.54, 1.807) is 12.2 Å². The van der Waals surface area contributed by atoms with Gasteiger partial charge in [0.1, 0.15) is 11.2 Å². The first-order valence-corrected chi connectivity index (χ1v) is 6.07. The van der Waals surface area contributed by atoms with Crippen molar-refractivity contribution in [3.63, 3.8) is 0 Å². The fourth-order valence-electron chi connectivity index (χ4n) is 1.89. The van der Waals surface area contributed by atoms with Gasteiger partial charge < -0.3 is 20.4 Å². The third-order valence-corrected chi connectivity index (χ3v) is 3.03. The van der Waals surface area contributed by atoms with Crippen molar-refractivity contribution >= 4 is 0 Å².